The van der Waals surface area contributed by atoms with Crippen molar-refractivity contribution >= 4 is 5.82 Å². The lowest BCUT2D eigenvalue weighted by molar-refractivity contribution is 0.644. The van der Waals surface area contributed by atoms with Crippen LogP contribution in [0.3, 0.4) is 0 Å². The van der Waals surface area contributed by atoms with Gasteiger partial charge in [0.25, 0.3) is 5.56 Å². The van der Waals surface area contributed by atoms with Gasteiger partial charge in [-0.05, 0) is 17.5 Å². The molecule has 112 valence electrons. The van der Waals surface area contributed by atoms with Crippen molar-refractivity contribution in [2.24, 2.45) is 5.73 Å². The molecule has 1 aromatic carbocycles. The molecule has 0 spiro atoms. The van der Waals surface area contributed by atoms with Gasteiger partial charge in [-0.15, -0.1) is 0 Å². The predicted molar refractivity (Wildman–Crippen MR) is 85.2 cm³/mol. The third kappa shape index (κ3) is 3.49. The number of nitrogens with zero attached hydrogens (tertiary/aromatic N) is 3. The molecule has 5 heteroatoms. The van der Waals surface area contributed by atoms with E-state index in [1.807, 2.05) is 43.1 Å². The molecule has 0 saturated carbocycles. The first-order chi connectivity index (χ1) is 10.2. The van der Waals surface area contributed by atoms with Gasteiger partial charge in [-0.2, -0.15) is 0 Å². The van der Waals surface area contributed by atoms with Crippen LogP contribution in [0.2, 0.25) is 0 Å². The van der Waals surface area contributed by atoms with Gasteiger partial charge in [0.2, 0.25) is 0 Å². The van der Waals surface area contributed by atoms with Gasteiger partial charge >= 0.3 is 0 Å². The average Bonchev–Trinajstić information content (AvgIpc) is 2.50. The summed E-state index contributed by atoms with van der Waals surface area (Å²) in [4.78, 5) is 18.5. The van der Waals surface area contributed by atoms with Gasteiger partial charge in [0, 0.05) is 39.1 Å². The first-order valence-corrected chi connectivity index (χ1v) is 7.20. The molecule has 0 aliphatic carbocycles. The summed E-state index contributed by atoms with van der Waals surface area (Å²) in [7, 11) is 1.88. The van der Waals surface area contributed by atoms with Crippen molar-refractivity contribution in [3.05, 3.63) is 58.1 Å². The van der Waals surface area contributed by atoms with E-state index in [-0.39, 0.29) is 5.56 Å². The molecule has 21 heavy (non-hydrogen) atoms. The summed E-state index contributed by atoms with van der Waals surface area (Å²) in [5.74, 6) is 0.470. The monoisotopic (exact) mass is 286 g/mol. The minimum absolute atomic E-state index is 0.0490. The van der Waals surface area contributed by atoms with Gasteiger partial charge in [0.15, 0.2) is 5.82 Å². The third-order valence-corrected chi connectivity index (χ3v) is 3.47. The smallest absolute Gasteiger partial charge is 0.293 e. The predicted octanol–water partition coefficient (Wildman–Crippen LogP) is 1.75. The van der Waals surface area contributed by atoms with E-state index in [4.69, 9.17) is 5.73 Å². The fraction of sp³-hybridized carbons (Fsp3) is 0.375. The summed E-state index contributed by atoms with van der Waals surface area (Å²) < 4.78 is 1.70. The highest BCUT2D eigenvalue weighted by molar-refractivity contribution is 5.38. The van der Waals surface area contributed by atoms with E-state index < -0.39 is 0 Å². The van der Waals surface area contributed by atoms with Gasteiger partial charge in [0.1, 0.15) is 0 Å². The molecule has 0 fully saturated rings. The zero-order valence-corrected chi connectivity index (χ0v) is 12.6. The Morgan fingerprint density at radius 1 is 1.29 bits per heavy atom. The Hall–Kier alpha value is -2.14. The Bertz CT molecular complexity index is 651. The number of aromatic nitrogens is 2. The summed E-state index contributed by atoms with van der Waals surface area (Å²) in [5.41, 5.74) is 7.92. The normalized spacial score (nSPS) is 10.6. The van der Waals surface area contributed by atoms with E-state index >= 15 is 0 Å². The van der Waals surface area contributed by atoms with E-state index in [0.717, 1.165) is 17.5 Å². The van der Waals surface area contributed by atoms with Crippen LogP contribution in [0, 0.1) is 0 Å². The van der Waals surface area contributed by atoms with E-state index in [1.54, 1.807) is 17.0 Å². The highest BCUT2D eigenvalue weighted by atomic mass is 16.1. The molecule has 0 radical (unpaired) electrons. The zero-order valence-electron chi connectivity index (χ0n) is 12.6. The van der Waals surface area contributed by atoms with Crippen molar-refractivity contribution in [2.45, 2.75) is 33.0 Å². The van der Waals surface area contributed by atoms with Crippen molar-refractivity contribution in [1.82, 2.24) is 9.55 Å². The van der Waals surface area contributed by atoms with Crippen LogP contribution in [0.1, 0.15) is 24.5 Å². The van der Waals surface area contributed by atoms with E-state index in [1.165, 1.54) is 0 Å². The topological polar surface area (TPSA) is 64.2 Å². The van der Waals surface area contributed by atoms with Crippen LogP contribution in [-0.2, 0) is 19.6 Å². The van der Waals surface area contributed by atoms with Gasteiger partial charge in [-0.3, -0.25) is 4.79 Å². The van der Waals surface area contributed by atoms with E-state index in [2.05, 4.69) is 4.98 Å². The van der Waals surface area contributed by atoms with Gasteiger partial charge in [-0.25, -0.2) is 4.98 Å². The third-order valence-electron chi connectivity index (χ3n) is 3.47. The number of benzene rings is 1. The van der Waals surface area contributed by atoms with Crippen LogP contribution in [0.5, 0.6) is 0 Å². The van der Waals surface area contributed by atoms with Crippen LogP contribution < -0.4 is 16.2 Å². The molecule has 0 bridgehead atoms. The molecule has 2 rings (SSSR count). The average molecular weight is 286 g/mol. The molecule has 0 atom stereocenters. The molecular formula is C16H22N4O. The van der Waals surface area contributed by atoms with Gasteiger partial charge in [-0.1, -0.05) is 31.2 Å². The summed E-state index contributed by atoms with van der Waals surface area (Å²) in [5, 5.41) is 0. The first-order valence-electron chi connectivity index (χ1n) is 7.20. The molecule has 5 nitrogen and oxygen atoms in total. The Labute approximate surface area is 125 Å². The number of nitrogens with two attached hydrogens (primary N) is 1. The highest BCUT2D eigenvalue weighted by Crippen LogP contribution is 2.13. The second-order valence-corrected chi connectivity index (χ2v) is 5.08. The number of rotatable bonds is 6. The number of hydrogen-bond donors (Lipinski definition) is 1. The quantitative estimate of drug-likeness (QED) is 0.878. The fourth-order valence-electron chi connectivity index (χ4n) is 2.36. The number of hydrogen-bond acceptors (Lipinski definition) is 4. The van der Waals surface area contributed by atoms with Crippen LogP contribution in [0.4, 0.5) is 5.82 Å². The molecule has 0 amide bonds. The Balaban J connectivity index is 2.26. The van der Waals surface area contributed by atoms with Crippen molar-refractivity contribution in [3.63, 3.8) is 0 Å². The zero-order chi connectivity index (χ0) is 15.2. The second kappa shape index (κ2) is 7.04. The maximum Gasteiger partial charge on any atom is 0.293 e. The Kier molecular flexibility index (Phi) is 5.11. The lowest BCUT2D eigenvalue weighted by atomic mass is 10.1. The largest absolute Gasteiger partial charge is 0.351 e. The van der Waals surface area contributed by atoms with Crippen LogP contribution in [0.25, 0.3) is 0 Å². The minimum Gasteiger partial charge on any atom is -0.351 e. The molecule has 1 aromatic heterocycles. The maximum absolute atomic E-state index is 12.4. The molecule has 0 saturated heterocycles. The summed E-state index contributed by atoms with van der Waals surface area (Å²) in [6.07, 6.45) is 4.33. The van der Waals surface area contributed by atoms with E-state index in [9.17, 15) is 4.79 Å². The molecule has 2 N–H and O–H groups in total. The maximum atomic E-state index is 12.4. The highest BCUT2D eigenvalue weighted by Gasteiger charge is 2.11. The summed E-state index contributed by atoms with van der Waals surface area (Å²) >= 11 is 0. The number of anilines is 1. The van der Waals surface area contributed by atoms with Gasteiger partial charge < -0.3 is 15.2 Å². The van der Waals surface area contributed by atoms with Gasteiger partial charge in [0.05, 0.1) is 0 Å². The molecular weight excluding hydrogens is 264 g/mol. The van der Waals surface area contributed by atoms with E-state index in [0.29, 0.717) is 25.5 Å². The van der Waals surface area contributed by atoms with Crippen molar-refractivity contribution < 1.29 is 0 Å². The number of aryl methyl sites for hydroxylation is 1. The van der Waals surface area contributed by atoms with Crippen molar-refractivity contribution in [2.75, 3.05) is 11.9 Å². The van der Waals surface area contributed by atoms with Crippen molar-refractivity contribution in [3.8, 4) is 0 Å². The summed E-state index contributed by atoms with van der Waals surface area (Å²) in [6, 6.07) is 8.00. The molecule has 1 heterocycles. The fourth-order valence-corrected chi connectivity index (χ4v) is 2.36. The first kappa shape index (κ1) is 15.3. The molecule has 0 aliphatic heterocycles. The lowest BCUT2D eigenvalue weighted by Crippen LogP contribution is -2.30. The molecule has 2 aromatic rings. The summed E-state index contributed by atoms with van der Waals surface area (Å²) in [6.45, 7) is 3.87. The second-order valence-electron chi connectivity index (χ2n) is 5.08. The molecule has 0 unspecified atom stereocenters. The van der Waals surface area contributed by atoms with Crippen LogP contribution in [0.15, 0.2) is 41.5 Å². The standard InChI is InChI=1S/C16H22N4O/c1-3-9-20-10-8-18-15(16(20)21)19(2)12-14-7-5-4-6-13(14)11-17/h4-8,10H,3,9,11-12,17H2,1-2H3. The Morgan fingerprint density at radius 3 is 2.67 bits per heavy atom. The van der Waals surface area contributed by atoms with Crippen LogP contribution >= 0.6 is 0 Å². The van der Waals surface area contributed by atoms with Crippen LogP contribution in [-0.4, -0.2) is 16.6 Å². The molecule has 0 aliphatic rings. The Morgan fingerprint density at radius 2 is 2.00 bits per heavy atom. The van der Waals surface area contributed by atoms with Crippen molar-refractivity contribution in [1.29, 1.82) is 0 Å². The lowest BCUT2D eigenvalue weighted by Gasteiger charge is -2.20. The minimum atomic E-state index is -0.0490. The SMILES string of the molecule is CCCn1ccnc(N(C)Cc2ccccc2CN)c1=O.